The van der Waals surface area contributed by atoms with Gasteiger partial charge in [0.25, 0.3) is 0 Å². The molecule has 0 heterocycles. The Morgan fingerprint density at radius 3 is 2.39 bits per heavy atom. The van der Waals surface area contributed by atoms with Gasteiger partial charge in [0.05, 0.1) is 18.6 Å². The van der Waals surface area contributed by atoms with Gasteiger partial charge < -0.3 is 10.1 Å². The predicted molar refractivity (Wildman–Crippen MR) is 92.2 cm³/mol. The second kappa shape index (κ2) is 8.19. The molecule has 0 aromatic heterocycles. The van der Waals surface area contributed by atoms with E-state index in [1.165, 1.54) is 0 Å². The fraction of sp³-hybridized carbons (Fsp3) is 0.562. The van der Waals surface area contributed by atoms with Crippen LogP contribution in [0.4, 0.5) is 5.69 Å². The van der Waals surface area contributed by atoms with Crippen LogP contribution in [0, 0.1) is 5.92 Å². The van der Waals surface area contributed by atoms with Crippen LogP contribution >= 0.6 is 0 Å². The summed E-state index contributed by atoms with van der Waals surface area (Å²) in [6, 6.07) is 6.75. The number of rotatable bonds is 8. The third-order valence-electron chi connectivity index (χ3n) is 3.51. The van der Waals surface area contributed by atoms with E-state index < -0.39 is 10.0 Å². The number of benzene rings is 1. The molecule has 23 heavy (non-hydrogen) atoms. The summed E-state index contributed by atoms with van der Waals surface area (Å²) in [4.78, 5) is 12.2. The van der Waals surface area contributed by atoms with E-state index in [1.54, 1.807) is 24.3 Å². The molecule has 1 aromatic rings. The first-order valence-electron chi connectivity index (χ1n) is 7.65. The monoisotopic (exact) mass is 342 g/mol. The average Bonchev–Trinajstić information content (AvgIpc) is 2.44. The molecule has 0 saturated heterocycles. The first kappa shape index (κ1) is 19.3. The van der Waals surface area contributed by atoms with Crippen molar-refractivity contribution in [3.8, 4) is 5.75 Å². The standard InChI is InChI=1S/C16H26N2O4S/c1-6-22-15-10-8-7-9-14(15)18(23(5,20)21)11-16(19)17-13(4)12(2)3/h7-10,12-13H,6,11H2,1-5H3,(H,17,19)/t13-/m1/s1. The maximum absolute atomic E-state index is 12.2. The molecular weight excluding hydrogens is 316 g/mol. The molecule has 1 atom stereocenters. The molecule has 1 amide bonds. The Labute approximate surface area is 138 Å². The van der Waals surface area contributed by atoms with Crippen LogP contribution in [0.3, 0.4) is 0 Å². The topological polar surface area (TPSA) is 75.7 Å². The Bertz CT molecular complexity index is 629. The fourth-order valence-electron chi connectivity index (χ4n) is 1.92. The lowest BCUT2D eigenvalue weighted by molar-refractivity contribution is -0.120. The smallest absolute Gasteiger partial charge is 0.240 e. The van der Waals surface area contributed by atoms with Gasteiger partial charge in [-0.1, -0.05) is 26.0 Å². The summed E-state index contributed by atoms with van der Waals surface area (Å²) >= 11 is 0. The molecule has 6 nitrogen and oxygen atoms in total. The lowest BCUT2D eigenvalue weighted by Crippen LogP contribution is -2.44. The third kappa shape index (κ3) is 5.74. The van der Waals surface area contributed by atoms with Gasteiger partial charge in [0.15, 0.2) is 0 Å². The van der Waals surface area contributed by atoms with Crippen molar-refractivity contribution in [3.05, 3.63) is 24.3 Å². The zero-order valence-corrected chi connectivity index (χ0v) is 15.2. The van der Waals surface area contributed by atoms with Gasteiger partial charge in [-0.05, 0) is 31.9 Å². The molecule has 7 heteroatoms. The van der Waals surface area contributed by atoms with Crippen molar-refractivity contribution in [2.24, 2.45) is 5.92 Å². The summed E-state index contributed by atoms with van der Waals surface area (Å²) in [5.74, 6) is 0.356. The van der Waals surface area contributed by atoms with E-state index in [4.69, 9.17) is 4.74 Å². The maximum atomic E-state index is 12.2. The molecule has 0 radical (unpaired) electrons. The van der Waals surface area contributed by atoms with Crippen LogP contribution in [0.2, 0.25) is 0 Å². The molecule has 0 unspecified atom stereocenters. The maximum Gasteiger partial charge on any atom is 0.240 e. The lowest BCUT2D eigenvalue weighted by atomic mass is 10.1. The van der Waals surface area contributed by atoms with Crippen LogP contribution in [-0.4, -0.2) is 39.8 Å². The summed E-state index contributed by atoms with van der Waals surface area (Å²) in [6.07, 6.45) is 1.08. The van der Waals surface area contributed by atoms with E-state index in [2.05, 4.69) is 5.32 Å². The van der Waals surface area contributed by atoms with Gasteiger partial charge in [-0.15, -0.1) is 0 Å². The van der Waals surface area contributed by atoms with Crippen molar-refractivity contribution in [3.63, 3.8) is 0 Å². The first-order chi connectivity index (χ1) is 10.7. The number of sulfonamides is 1. The van der Waals surface area contributed by atoms with Crippen molar-refractivity contribution < 1.29 is 17.9 Å². The van der Waals surface area contributed by atoms with Crippen molar-refractivity contribution in [1.29, 1.82) is 0 Å². The molecule has 0 spiro atoms. The zero-order valence-electron chi connectivity index (χ0n) is 14.4. The summed E-state index contributed by atoms with van der Waals surface area (Å²) in [5, 5.41) is 2.82. The van der Waals surface area contributed by atoms with Crippen molar-refractivity contribution >= 4 is 21.6 Å². The molecule has 1 aromatic carbocycles. The minimum absolute atomic E-state index is 0.0361. The Morgan fingerprint density at radius 1 is 1.26 bits per heavy atom. The number of hydrogen-bond acceptors (Lipinski definition) is 4. The minimum Gasteiger partial charge on any atom is -0.492 e. The molecule has 130 valence electrons. The molecule has 1 rings (SSSR count). The Hall–Kier alpha value is -1.76. The normalized spacial score (nSPS) is 12.8. The molecule has 0 aliphatic rings. The van der Waals surface area contributed by atoms with Gasteiger partial charge in [-0.25, -0.2) is 8.42 Å². The van der Waals surface area contributed by atoms with Gasteiger partial charge in [0.2, 0.25) is 15.9 Å². The van der Waals surface area contributed by atoms with Crippen LogP contribution in [0.25, 0.3) is 0 Å². The molecule has 1 N–H and O–H groups in total. The van der Waals surface area contributed by atoms with Crippen LogP contribution in [0.1, 0.15) is 27.7 Å². The Balaban J connectivity index is 3.06. The number of anilines is 1. The Kier molecular flexibility index (Phi) is 6.87. The largest absolute Gasteiger partial charge is 0.492 e. The lowest BCUT2D eigenvalue weighted by Gasteiger charge is -2.25. The average molecular weight is 342 g/mol. The van der Waals surface area contributed by atoms with Gasteiger partial charge in [-0.2, -0.15) is 0 Å². The Morgan fingerprint density at radius 2 is 1.87 bits per heavy atom. The molecule has 0 aliphatic heterocycles. The van der Waals surface area contributed by atoms with Crippen molar-refractivity contribution in [2.45, 2.75) is 33.7 Å². The zero-order chi connectivity index (χ0) is 17.6. The van der Waals surface area contributed by atoms with E-state index >= 15 is 0 Å². The van der Waals surface area contributed by atoms with Gasteiger partial charge >= 0.3 is 0 Å². The van der Waals surface area contributed by atoms with Crippen molar-refractivity contribution in [1.82, 2.24) is 5.32 Å². The van der Waals surface area contributed by atoms with E-state index in [0.29, 0.717) is 18.0 Å². The second-order valence-corrected chi connectivity index (χ2v) is 7.68. The highest BCUT2D eigenvalue weighted by Gasteiger charge is 2.24. The molecular formula is C16H26N2O4S. The van der Waals surface area contributed by atoms with Crippen LogP contribution in [0.15, 0.2) is 24.3 Å². The molecule has 0 fully saturated rings. The number of nitrogens with one attached hydrogen (secondary N) is 1. The quantitative estimate of drug-likeness (QED) is 0.784. The van der Waals surface area contributed by atoms with Crippen LogP contribution < -0.4 is 14.4 Å². The summed E-state index contributed by atoms with van der Waals surface area (Å²) in [7, 11) is -3.62. The number of nitrogens with zero attached hydrogens (tertiary/aromatic N) is 1. The fourth-order valence-corrected chi connectivity index (χ4v) is 2.78. The number of carbonyl (C=O) groups excluding carboxylic acids is 1. The highest BCUT2D eigenvalue weighted by Crippen LogP contribution is 2.29. The summed E-state index contributed by atoms with van der Waals surface area (Å²) in [6.45, 7) is 7.82. The number of hydrogen-bond donors (Lipinski definition) is 1. The minimum atomic E-state index is -3.62. The molecule has 0 bridgehead atoms. The molecule has 0 aliphatic carbocycles. The van der Waals surface area contributed by atoms with Gasteiger partial charge in [0.1, 0.15) is 12.3 Å². The number of carbonyl (C=O) groups is 1. The van der Waals surface area contributed by atoms with Crippen molar-refractivity contribution in [2.75, 3.05) is 23.7 Å². The van der Waals surface area contributed by atoms with Gasteiger partial charge in [-0.3, -0.25) is 9.10 Å². The third-order valence-corrected chi connectivity index (χ3v) is 4.64. The van der Waals surface area contributed by atoms with E-state index in [0.717, 1.165) is 10.6 Å². The van der Waals surface area contributed by atoms with E-state index in [1.807, 2.05) is 27.7 Å². The highest BCUT2D eigenvalue weighted by molar-refractivity contribution is 7.92. The second-order valence-electron chi connectivity index (χ2n) is 5.77. The highest BCUT2D eigenvalue weighted by atomic mass is 32.2. The summed E-state index contributed by atoms with van der Waals surface area (Å²) < 4.78 is 30.8. The number of amides is 1. The predicted octanol–water partition coefficient (Wildman–Crippen LogP) is 2.01. The molecule has 0 saturated carbocycles. The summed E-state index contributed by atoms with van der Waals surface area (Å²) in [5.41, 5.74) is 0.365. The first-order valence-corrected chi connectivity index (χ1v) is 9.50. The number of para-hydroxylation sites is 2. The van der Waals surface area contributed by atoms with Crippen LogP contribution in [0.5, 0.6) is 5.75 Å². The number of ether oxygens (including phenoxy) is 1. The van der Waals surface area contributed by atoms with Gasteiger partial charge in [0, 0.05) is 6.04 Å². The SMILES string of the molecule is CCOc1ccccc1N(CC(=O)N[C@H](C)C(C)C)S(C)(=O)=O. The van der Waals surface area contributed by atoms with E-state index in [-0.39, 0.29) is 24.4 Å². The van der Waals surface area contributed by atoms with Crippen LogP contribution in [-0.2, 0) is 14.8 Å². The van der Waals surface area contributed by atoms with E-state index in [9.17, 15) is 13.2 Å².